The highest BCUT2D eigenvalue weighted by atomic mass is 16.2. The van der Waals surface area contributed by atoms with Gasteiger partial charge >= 0.3 is 6.03 Å². The van der Waals surface area contributed by atoms with E-state index in [9.17, 15) is 9.59 Å². The smallest absolute Gasteiger partial charge is 0.328 e. The zero-order valence-electron chi connectivity index (χ0n) is 13.7. The van der Waals surface area contributed by atoms with Crippen LogP contribution in [-0.2, 0) is 4.79 Å². The number of rotatable bonds is 4. The number of aromatic nitrogens is 1. The number of hydrogen-bond acceptors (Lipinski definition) is 6. The molecule has 8 heteroatoms. The van der Waals surface area contributed by atoms with E-state index in [1.165, 1.54) is 4.90 Å². The Hall–Kier alpha value is -2.64. The Labute approximate surface area is 139 Å². The molecule has 0 radical (unpaired) electrons. The van der Waals surface area contributed by atoms with Gasteiger partial charge in [-0.25, -0.2) is 14.8 Å². The second kappa shape index (κ2) is 5.47. The molecule has 2 unspecified atom stereocenters. The number of hydrogen-bond donors (Lipinski definition) is 2. The van der Waals surface area contributed by atoms with Crippen LogP contribution >= 0.6 is 0 Å². The van der Waals surface area contributed by atoms with Crippen LogP contribution in [0.15, 0.2) is 23.3 Å². The highest BCUT2D eigenvalue weighted by Crippen LogP contribution is 2.33. The molecule has 2 atom stereocenters. The van der Waals surface area contributed by atoms with Gasteiger partial charge in [-0.2, -0.15) is 0 Å². The van der Waals surface area contributed by atoms with Crippen molar-refractivity contribution in [2.24, 2.45) is 4.99 Å². The van der Waals surface area contributed by atoms with Gasteiger partial charge in [-0.1, -0.05) is 0 Å². The lowest BCUT2D eigenvalue weighted by molar-refractivity contribution is -0.135. The second-order valence-electron chi connectivity index (χ2n) is 6.20. The van der Waals surface area contributed by atoms with E-state index in [4.69, 9.17) is 0 Å². The van der Waals surface area contributed by atoms with Crippen LogP contribution in [-0.4, -0.2) is 64.4 Å². The third kappa shape index (κ3) is 2.21. The molecule has 24 heavy (non-hydrogen) atoms. The number of imide groups is 1. The molecule has 3 heterocycles. The maximum absolute atomic E-state index is 12.8. The zero-order chi connectivity index (χ0) is 16.8. The van der Waals surface area contributed by atoms with Gasteiger partial charge in [0, 0.05) is 31.4 Å². The molecule has 1 saturated carbocycles. The van der Waals surface area contributed by atoms with Crippen molar-refractivity contribution < 1.29 is 9.59 Å². The second-order valence-corrected chi connectivity index (χ2v) is 6.20. The Balaban J connectivity index is 1.64. The van der Waals surface area contributed by atoms with Crippen LogP contribution in [0.5, 0.6) is 0 Å². The van der Waals surface area contributed by atoms with Gasteiger partial charge in [0.25, 0.3) is 5.91 Å². The van der Waals surface area contributed by atoms with Crippen LogP contribution in [0.4, 0.5) is 10.6 Å². The molecular weight excluding hydrogens is 308 g/mol. The van der Waals surface area contributed by atoms with Crippen LogP contribution in [0.25, 0.3) is 0 Å². The van der Waals surface area contributed by atoms with Crippen LogP contribution in [0.2, 0.25) is 0 Å². The molecule has 0 spiro atoms. The Bertz CT molecular complexity index is 712. The van der Waals surface area contributed by atoms with Crippen LogP contribution in [0.1, 0.15) is 25.3 Å². The summed E-state index contributed by atoms with van der Waals surface area (Å²) in [7, 11) is 1.80. The Morgan fingerprint density at radius 2 is 2.12 bits per heavy atom. The predicted molar refractivity (Wildman–Crippen MR) is 88.7 cm³/mol. The van der Waals surface area contributed by atoms with Crippen LogP contribution < -0.4 is 10.6 Å². The fraction of sp³-hybridized carbons (Fsp3) is 0.500. The van der Waals surface area contributed by atoms with Crippen molar-refractivity contribution in [3.05, 3.63) is 23.9 Å². The van der Waals surface area contributed by atoms with E-state index in [-0.39, 0.29) is 18.0 Å². The third-order valence-electron chi connectivity index (χ3n) is 4.67. The minimum absolute atomic E-state index is 0.0578. The SMILES string of the molecule is CCN1C(=O)N(C2CC2)C(=O)C2NC(c3ccc(NC)nc3)=NC21. The summed E-state index contributed by atoms with van der Waals surface area (Å²) in [4.78, 5) is 37.4. The summed E-state index contributed by atoms with van der Waals surface area (Å²) in [6.07, 6.45) is 3.02. The maximum atomic E-state index is 12.8. The fourth-order valence-corrected chi connectivity index (χ4v) is 3.23. The van der Waals surface area contributed by atoms with Crippen molar-refractivity contribution in [1.82, 2.24) is 20.1 Å². The van der Waals surface area contributed by atoms with E-state index < -0.39 is 12.2 Å². The first-order chi connectivity index (χ1) is 11.6. The summed E-state index contributed by atoms with van der Waals surface area (Å²) in [6.45, 7) is 2.43. The molecular formula is C16H20N6O2. The van der Waals surface area contributed by atoms with Crippen molar-refractivity contribution >= 4 is 23.6 Å². The number of carbonyl (C=O) groups excluding carboxylic acids is 2. The van der Waals surface area contributed by atoms with Gasteiger partial charge in [-0.15, -0.1) is 0 Å². The predicted octanol–water partition coefficient (Wildman–Crippen LogP) is 0.614. The lowest BCUT2D eigenvalue weighted by Crippen LogP contribution is -2.65. The highest BCUT2D eigenvalue weighted by Gasteiger charge is 2.52. The molecule has 2 aliphatic heterocycles. The van der Waals surface area contributed by atoms with E-state index in [1.807, 2.05) is 19.1 Å². The number of nitrogens with zero attached hydrogens (tertiary/aromatic N) is 4. The standard InChI is InChI=1S/C16H20N6O2/c1-3-21-14-12(15(23)22(16(21)24)10-5-6-10)19-13(20-14)9-4-7-11(17-2)18-8-9/h4,7-8,10,12,14H,3,5-6H2,1-2H3,(H,17,18)(H,19,20). The number of carbonyl (C=O) groups is 2. The summed E-state index contributed by atoms with van der Waals surface area (Å²) < 4.78 is 0. The molecule has 1 aromatic heterocycles. The number of likely N-dealkylation sites (N-methyl/N-ethyl adjacent to an activating group) is 1. The minimum Gasteiger partial charge on any atom is -0.373 e. The van der Waals surface area contributed by atoms with E-state index in [0.717, 1.165) is 24.2 Å². The number of aliphatic imine (C=N–C) groups is 1. The number of anilines is 1. The number of nitrogens with one attached hydrogen (secondary N) is 2. The topological polar surface area (TPSA) is 89.9 Å². The zero-order valence-corrected chi connectivity index (χ0v) is 13.7. The first-order valence-corrected chi connectivity index (χ1v) is 8.26. The normalized spacial score (nSPS) is 26.2. The summed E-state index contributed by atoms with van der Waals surface area (Å²) in [6, 6.07) is 3.07. The quantitative estimate of drug-likeness (QED) is 0.845. The summed E-state index contributed by atoms with van der Waals surface area (Å²) >= 11 is 0. The minimum atomic E-state index is -0.512. The van der Waals surface area contributed by atoms with Crippen molar-refractivity contribution in [1.29, 1.82) is 0 Å². The largest absolute Gasteiger partial charge is 0.373 e. The van der Waals surface area contributed by atoms with Gasteiger partial charge < -0.3 is 10.6 Å². The first-order valence-electron chi connectivity index (χ1n) is 8.26. The summed E-state index contributed by atoms with van der Waals surface area (Å²) in [5.74, 6) is 1.20. The average molecular weight is 328 g/mol. The molecule has 3 aliphatic rings. The summed E-state index contributed by atoms with van der Waals surface area (Å²) in [5.41, 5.74) is 0.803. The number of pyridine rings is 1. The van der Waals surface area contributed by atoms with Gasteiger partial charge in [-0.05, 0) is 31.9 Å². The lowest BCUT2D eigenvalue weighted by Gasteiger charge is -2.40. The molecule has 2 N–H and O–H groups in total. The van der Waals surface area contributed by atoms with Crippen LogP contribution in [0.3, 0.4) is 0 Å². The Morgan fingerprint density at radius 1 is 1.33 bits per heavy atom. The van der Waals surface area contributed by atoms with E-state index in [1.54, 1.807) is 18.1 Å². The van der Waals surface area contributed by atoms with E-state index >= 15 is 0 Å². The molecule has 1 saturated heterocycles. The van der Waals surface area contributed by atoms with Gasteiger partial charge in [0.2, 0.25) is 0 Å². The molecule has 126 valence electrons. The molecule has 0 bridgehead atoms. The number of amides is 3. The number of urea groups is 1. The maximum Gasteiger partial charge on any atom is 0.328 e. The first kappa shape index (κ1) is 14.9. The number of amidine groups is 1. The molecule has 4 rings (SSSR count). The van der Waals surface area contributed by atoms with Gasteiger partial charge in [0.15, 0.2) is 6.17 Å². The van der Waals surface area contributed by atoms with Crippen molar-refractivity contribution in [2.45, 2.75) is 38.0 Å². The highest BCUT2D eigenvalue weighted by molar-refractivity contribution is 6.08. The monoisotopic (exact) mass is 328 g/mol. The summed E-state index contributed by atoms with van der Waals surface area (Å²) in [5, 5.41) is 6.16. The van der Waals surface area contributed by atoms with E-state index in [0.29, 0.717) is 12.4 Å². The average Bonchev–Trinajstić information content (AvgIpc) is 3.33. The Morgan fingerprint density at radius 3 is 2.71 bits per heavy atom. The van der Waals surface area contributed by atoms with Gasteiger partial charge in [0.1, 0.15) is 17.7 Å². The van der Waals surface area contributed by atoms with Gasteiger partial charge in [0.05, 0.1) is 0 Å². The molecule has 8 nitrogen and oxygen atoms in total. The lowest BCUT2D eigenvalue weighted by atomic mass is 10.1. The molecule has 1 aliphatic carbocycles. The third-order valence-corrected chi connectivity index (χ3v) is 4.67. The number of fused-ring (bicyclic) bond motifs is 1. The van der Waals surface area contributed by atoms with Crippen molar-refractivity contribution in [3.63, 3.8) is 0 Å². The molecule has 2 fully saturated rings. The molecule has 1 aromatic rings. The van der Waals surface area contributed by atoms with Crippen molar-refractivity contribution in [2.75, 3.05) is 18.9 Å². The molecule has 0 aromatic carbocycles. The van der Waals surface area contributed by atoms with Gasteiger partial charge in [-0.3, -0.25) is 14.6 Å². The van der Waals surface area contributed by atoms with Crippen molar-refractivity contribution in [3.8, 4) is 0 Å². The van der Waals surface area contributed by atoms with E-state index in [2.05, 4.69) is 20.6 Å². The van der Waals surface area contributed by atoms with Crippen LogP contribution in [0, 0.1) is 0 Å². The Kier molecular flexibility index (Phi) is 3.40. The molecule has 3 amide bonds. The fourth-order valence-electron chi connectivity index (χ4n) is 3.23.